The van der Waals surface area contributed by atoms with Crippen LogP contribution in [0.25, 0.3) is 0 Å². The number of para-hydroxylation sites is 2. The number of nitrogens with zero attached hydrogens (tertiary/aromatic N) is 1. The molecule has 1 atom stereocenters. The zero-order valence-electron chi connectivity index (χ0n) is 11.1. The topological polar surface area (TPSA) is 45.0 Å². The number of hydrogen-bond acceptors (Lipinski definition) is 3. The summed E-state index contributed by atoms with van der Waals surface area (Å²) in [6, 6.07) is 15.0. The van der Waals surface area contributed by atoms with Gasteiger partial charge in [0, 0.05) is 5.56 Å². The lowest BCUT2D eigenvalue weighted by molar-refractivity contribution is 0.336. The summed E-state index contributed by atoms with van der Waals surface area (Å²) in [4.78, 5) is 0. The molecule has 0 aliphatic carbocycles. The third kappa shape index (κ3) is 3.07. The Morgan fingerprint density at radius 2 is 1.90 bits per heavy atom. The van der Waals surface area contributed by atoms with Crippen molar-refractivity contribution in [1.29, 1.82) is 5.26 Å². The molecule has 0 saturated carbocycles. The third-order valence-electron chi connectivity index (χ3n) is 2.83. The van der Waals surface area contributed by atoms with Crippen LogP contribution in [0.1, 0.15) is 18.5 Å². The minimum absolute atomic E-state index is 0.297. The van der Waals surface area contributed by atoms with E-state index in [0.29, 0.717) is 23.6 Å². The van der Waals surface area contributed by atoms with Gasteiger partial charge >= 0.3 is 0 Å². The lowest BCUT2D eigenvalue weighted by Gasteiger charge is -2.17. The Labute approximate surface area is 117 Å². The normalized spacial score (nSPS) is 11.4. The van der Waals surface area contributed by atoms with Crippen LogP contribution in [-0.2, 0) is 0 Å². The van der Waals surface area contributed by atoms with Gasteiger partial charge in [0.1, 0.15) is 17.6 Å². The molecule has 0 radical (unpaired) electrons. The largest absolute Gasteiger partial charge is 0.493 e. The van der Waals surface area contributed by atoms with Gasteiger partial charge in [-0.15, -0.1) is 0 Å². The summed E-state index contributed by atoms with van der Waals surface area (Å²) in [6.07, 6.45) is 0. The summed E-state index contributed by atoms with van der Waals surface area (Å²) < 4.78 is 19.2. The third-order valence-corrected chi connectivity index (χ3v) is 2.83. The Hall–Kier alpha value is -2.54. The van der Waals surface area contributed by atoms with Crippen molar-refractivity contribution < 1.29 is 9.13 Å². The molecule has 0 bridgehead atoms. The Morgan fingerprint density at radius 3 is 2.60 bits per heavy atom. The molecule has 2 aromatic rings. The van der Waals surface area contributed by atoms with Crippen molar-refractivity contribution in [2.75, 3.05) is 11.9 Å². The van der Waals surface area contributed by atoms with Crippen molar-refractivity contribution in [2.24, 2.45) is 0 Å². The van der Waals surface area contributed by atoms with Gasteiger partial charge in [-0.3, -0.25) is 0 Å². The summed E-state index contributed by atoms with van der Waals surface area (Å²) in [5, 5.41) is 12.2. The second-order valence-corrected chi connectivity index (χ2v) is 4.16. The highest BCUT2D eigenvalue weighted by molar-refractivity contribution is 5.51. The van der Waals surface area contributed by atoms with Gasteiger partial charge < -0.3 is 10.1 Å². The number of nitrogens with one attached hydrogen (secondary N) is 1. The van der Waals surface area contributed by atoms with Crippen molar-refractivity contribution in [3.8, 4) is 11.8 Å². The molecule has 4 heteroatoms. The Kier molecular flexibility index (Phi) is 4.56. The van der Waals surface area contributed by atoms with E-state index in [1.165, 1.54) is 6.07 Å². The molecule has 3 nitrogen and oxygen atoms in total. The van der Waals surface area contributed by atoms with E-state index in [4.69, 9.17) is 4.74 Å². The van der Waals surface area contributed by atoms with Crippen molar-refractivity contribution in [3.63, 3.8) is 0 Å². The molecule has 20 heavy (non-hydrogen) atoms. The molecular formula is C16H15FN2O. The van der Waals surface area contributed by atoms with Crippen LogP contribution in [0.5, 0.6) is 5.75 Å². The molecule has 0 aliphatic rings. The monoisotopic (exact) mass is 270 g/mol. The number of nitriles is 1. The lowest BCUT2D eigenvalue weighted by atomic mass is 10.1. The number of benzene rings is 2. The summed E-state index contributed by atoms with van der Waals surface area (Å²) in [5.41, 5.74) is 0.991. The van der Waals surface area contributed by atoms with Crippen LogP contribution in [0, 0.1) is 17.1 Å². The van der Waals surface area contributed by atoms with Gasteiger partial charge in [-0.05, 0) is 25.1 Å². The van der Waals surface area contributed by atoms with Crippen LogP contribution >= 0.6 is 0 Å². The van der Waals surface area contributed by atoms with Crippen molar-refractivity contribution >= 4 is 5.69 Å². The van der Waals surface area contributed by atoms with Gasteiger partial charge in [-0.2, -0.15) is 5.26 Å². The maximum absolute atomic E-state index is 13.6. The van der Waals surface area contributed by atoms with Gasteiger partial charge in [-0.1, -0.05) is 30.3 Å². The van der Waals surface area contributed by atoms with E-state index in [9.17, 15) is 9.65 Å². The van der Waals surface area contributed by atoms with Crippen LogP contribution in [0.4, 0.5) is 10.1 Å². The molecule has 0 aliphatic heterocycles. The molecule has 2 rings (SSSR count). The van der Waals surface area contributed by atoms with Crippen LogP contribution in [0.2, 0.25) is 0 Å². The highest BCUT2D eigenvalue weighted by atomic mass is 19.1. The fourth-order valence-corrected chi connectivity index (χ4v) is 1.92. The zero-order chi connectivity index (χ0) is 14.4. The zero-order valence-corrected chi connectivity index (χ0v) is 11.1. The number of ether oxygens (including phenoxy) is 1. The fourth-order valence-electron chi connectivity index (χ4n) is 1.92. The molecular weight excluding hydrogens is 255 g/mol. The van der Waals surface area contributed by atoms with E-state index in [-0.39, 0.29) is 5.82 Å². The summed E-state index contributed by atoms with van der Waals surface area (Å²) in [5.74, 6) is 0.243. The highest BCUT2D eigenvalue weighted by Gasteiger charge is 2.16. The predicted octanol–water partition coefficient (Wildman–Crippen LogP) is 3.90. The van der Waals surface area contributed by atoms with Gasteiger partial charge in [-0.25, -0.2) is 4.39 Å². The van der Waals surface area contributed by atoms with Gasteiger partial charge in [0.05, 0.1) is 18.4 Å². The van der Waals surface area contributed by atoms with Crippen molar-refractivity contribution in [2.45, 2.75) is 13.0 Å². The number of hydrogen-bond donors (Lipinski definition) is 1. The van der Waals surface area contributed by atoms with E-state index >= 15 is 0 Å². The first kappa shape index (κ1) is 13.9. The van der Waals surface area contributed by atoms with E-state index in [1.807, 2.05) is 19.1 Å². The smallest absolute Gasteiger partial charge is 0.146 e. The standard InChI is InChI=1S/C16H15FN2O/c1-2-20-16-10-6-3-7-12(16)15(11-18)19-14-9-5-4-8-13(14)17/h3-10,15,19H,2H2,1H3. The van der Waals surface area contributed by atoms with Crippen molar-refractivity contribution in [3.05, 3.63) is 59.9 Å². The lowest BCUT2D eigenvalue weighted by Crippen LogP contribution is -2.11. The quantitative estimate of drug-likeness (QED) is 0.896. The average Bonchev–Trinajstić information content (AvgIpc) is 2.48. The highest BCUT2D eigenvalue weighted by Crippen LogP contribution is 2.28. The second kappa shape index (κ2) is 6.58. The first-order valence-corrected chi connectivity index (χ1v) is 6.38. The molecule has 0 aromatic heterocycles. The summed E-state index contributed by atoms with van der Waals surface area (Å²) >= 11 is 0. The van der Waals surface area contributed by atoms with Gasteiger partial charge in [0.2, 0.25) is 0 Å². The molecule has 2 aromatic carbocycles. The van der Waals surface area contributed by atoms with E-state index < -0.39 is 6.04 Å². The first-order chi connectivity index (χ1) is 9.76. The molecule has 1 N–H and O–H groups in total. The fraction of sp³-hybridized carbons (Fsp3) is 0.188. The molecule has 0 saturated heterocycles. The van der Waals surface area contributed by atoms with Crippen LogP contribution in [0.3, 0.4) is 0 Å². The number of anilines is 1. The molecule has 0 heterocycles. The predicted molar refractivity (Wildman–Crippen MR) is 76.0 cm³/mol. The Bertz CT molecular complexity index is 622. The van der Waals surface area contributed by atoms with Crippen LogP contribution in [-0.4, -0.2) is 6.61 Å². The first-order valence-electron chi connectivity index (χ1n) is 6.38. The Morgan fingerprint density at radius 1 is 1.20 bits per heavy atom. The van der Waals surface area contributed by atoms with Gasteiger partial charge in [0.25, 0.3) is 0 Å². The SMILES string of the molecule is CCOc1ccccc1C(C#N)Nc1ccccc1F. The number of halogens is 1. The summed E-state index contributed by atoms with van der Waals surface area (Å²) in [7, 11) is 0. The Balaban J connectivity index is 2.30. The minimum atomic E-state index is -0.672. The number of rotatable bonds is 5. The maximum Gasteiger partial charge on any atom is 0.146 e. The van der Waals surface area contributed by atoms with Crippen LogP contribution in [0.15, 0.2) is 48.5 Å². The summed E-state index contributed by atoms with van der Waals surface area (Å²) in [6.45, 7) is 2.39. The van der Waals surface area contributed by atoms with E-state index in [1.54, 1.807) is 30.3 Å². The van der Waals surface area contributed by atoms with E-state index in [2.05, 4.69) is 11.4 Å². The molecule has 0 spiro atoms. The molecule has 0 amide bonds. The maximum atomic E-state index is 13.6. The minimum Gasteiger partial charge on any atom is -0.493 e. The van der Waals surface area contributed by atoms with Gasteiger partial charge in [0.15, 0.2) is 0 Å². The molecule has 0 fully saturated rings. The molecule has 102 valence electrons. The second-order valence-electron chi connectivity index (χ2n) is 4.16. The molecule has 1 unspecified atom stereocenters. The van der Waals surface area contributed by atoms with Crippen molar-refractivity contribution in [1.82, 2.24) is 0 Å². The average molecular weight is 270 g/mol. The van der Waals surface area contributed by atoms with Crippen LogP contribution < -0.4 is 10.1 Å². The van der Waals surface area contributed by atoms with E-state index in [0.717, 1.165) is 0 Å².